The number of hydrogen-bond donors (Lipinski definition) is 0. The molecule has 2 aliphatic rings. The van der Waals surface area contributed by atoms with Crippen molar-refractivity contribution in [2.24, 2.45) is 9.98 Å². The molecular formula is C16H11BrF3N3O2. The number of fused-ring (bicyclic) bond motifs is 1. The molecule has 0 aliphatic carbocycles. The van der Waals surface area contributed by atoms with Gasteiger partial charge < -0.3 is 4.74 Å². The number of methoxy groups -OCH3 is 1. The molecule has 0 spiro atoms. The van der Waals surface area contributed by atoms with Crippen LogP contribution in [0.2, 0.25) is 0 Å². The molecule has 5 nitrogen and oxygen atoms in total. The van der Waals surface area contributed by atoms with Crippen molar-refractivity contribution in [3.8, 4) is 0 Å². The lowest BCUT2D eigenvalue weighted by Gasteiger charge is -2.36. The first-order chi connectivity index (χ1) is 11.8. The number of nitrogens with zero attached hydrogens (tertiary/aromatic N) is 3. The highest BCUT2D eigenvalue weighted by Crippen LogP contribution is 2.40. The summed E-state index contributed by atoms with van der Waals surface area (Å²) in [5.74, 6) is -1.72. The monoisotopic (exact) mass is 413 g/mol. The Morgan fingerprint density at radius 3 is 2.48 bits per heavy atom. The Bertz CT molecular complexity index is 831. The molecule has 25 heavy (non-hydrogen) atoms. The van der Waals surface area contributed by atoms with Crippen LogP contribution in [0.15, 0.2) is 63.2 Å². The summed E-state index contributed by atoms with van der Waals surface area (Å²) in [6.45, 7) is 0. The van der Waals surface area contributed by atoms with E-state index < -0.39 is 17.8 Å². The number of carbonyl (C=O) groups is 1. The van der Waals surface area contributed by atoms with Gasteiger partial charge in [0.25, 0.3) is 0 Å². The molecule has 1 atom stereocenters. The number of carbonyl (C=O) groups excluding carboxylic acids is 1. The summed E-state index contributed by atoms with van der Waals surface area (Å²) in [4.78, 5) is 20.7. The summed E-state index contributed by atoms with van der Waals surface area (Å²) < 4.78 is 46.3. The fourth-order valence-electron chi connectivity index (χ4n) is 2.39. The summed E-state index contributed by atoms with van der Waals surface area (Å²) >= 11 is 3.27. The number of benzene rings is 1. The van der Waals surface area contributed by atoms with Crippen molar-refractivity contribution in [1.82, 2.24) is 4.90 Å². The van der Waals surface area contributed by atoms with Gasteiger partial charge in [0, 0.05) is 16.2 Å². The van der Waals surface area contributed by atoms with Crippen LogP contribution in [0.25, 0.3) is 0 Å². The van der Waals surface area contributed by atoms with Crippen molar-refractivity contribution in [2.75, 3.05) is 7.11 Å². The third-order valence-corrected chi connectivity index (χ3v) is 4.03. The van der Waals surface area contributed by atoms with Gasteiger partial charge in [-0.25, -0.2) is 14.8 Å². The van der Waals surface area contributed by atoms with Gasteiger partial charge in [-0.15, -0.1) is 0 Å². The van der Waals surface area contributed by atoms with Crippen molar-refractivity contribution in [1.29, 1.82) is 0 Å². The number of ether oxygens (including phenoxy) is 1. The number of hydrogen-bond acceptors (Lipinski definition) is 5. The second kappa shape index (κ2) is 6.14. The maximum Gasteiger partial charge on any atom is 0.445 e. The van der Waals surface area contributed by atoms with E-state index >= 15 is 0 Å². The lowest BCUT2D eigenvalue weighted by molar-refractivity contribution is -0.202. The summed E-state index contributed by atoms with van der Waals surface area (Å²) in [5, 5.41) is 0. The number of aliphatic imine (C=N–C) groups is 2. The van der Waals surface area contributed by atoms with E-state index in [2.05, 4.69) is 30.7 Å². The van der Waals surface area contributed by atoms with Crippen molar-refractivity contribution >= 4 is 33.6 Å². The Labute approximate surface area is 149 Å². The van der Waals surface area contributed by atoms with Crippen LogP contribution in [-0.4, -0.2) is 41.5 Å². The molecule has 9 heteroatoms. The number of halogens is 4. The zero-order valence-electron chi connectivity index (χ0n) is 12.8. The van der Waals surface area contributed by atoms with Gasteiger partial charge in [0.15, 0.2) is 0 Å². The van der Waals surface area contributed by atoms with E-state index in [1.165, 1.54) is 23.3 Å². The fourth-order valence-corrected chi connectivity index (χ4v) is 2.73. The van der Waals surface area contributed by atoms with Crippen molar-refractivity contribution < 1.29 is 22.7 Å². The van der Waals surface area contributed by atoms with Crippen LogP contribution in [0.4, 0.5) is 13.2 Å². The molecule has 0 saturated heterocycles. The maximum atomic E-state index is 13.8. The molecule has 0 fully saturated rings. The van der Waals surface area contributed by atoms with Gasteiger partial charge in [0.05, 0.1) is 7.11 Å². The van der Waals surface area contributed by atoms with Gasteiger partial charge in [-0.1, -0.05) is 30.3 Å². The van der Waals surface area contributed by atoms with E-state index in [-0.39, 0.29) is 11.7 Å². The molecule has 0 saturated carbocycles. The van der Waals surface area contributed by atoms with E-state index in [4.69, 9.17) is 0 Å². The van der Waals surface area contributed by atoms with E-state index in [0.29, 0.717) is 10.0 Å². The smallest absolute Gasteiger partial charge is 0.445 e. The zero-order chi connectivity index (χ0) is 18.2. The maximum absolute atomic E-state index is 13.8. The number of rotatable bonds is 2. The molecule has 0 bridgehead atoms. The number of amidine groups is 2. The van der Waals surface area contributed by atoms with Gasteiger partial charge in [-0.2, -0.15) is 13.2 Å². The van der Waals surface area contributed by atoms with Gasteiger partial charge in [-0.05, 0) is 28.1 Å². The van der Waals surface area contributed by atoms with Gasteiger partial charge in [0.2, 0.25) is 0 Å². The molecule has 0 radical (unpaired) electrons. The first-order valence-electron chi connectivity index (χ1n) is 7.03. The average molecular weight is 414 g/mol. The first kappa shape index (κ1) is 17.4. The molecule has 130 valence electrons. The molecule has 3 rings (SSSR count). The Hall–Kier alpha value is -2.42. The van der Waals surface area contributed by atoms with Crippen LogP contribution in [-0.2, 0) is 9.53 Å². The van der Waals surface area contributed by atoms with E-state index in [9.17, 15) is 18.0 Å². The predicted molar refractivity (Wildman–Crippen MR) is 89.2 cm³/mol. The Balaban J connectivity index is 2.28. The van der Waals surface area contributed by atoms with Crippen molar-refractivity contribution in [3.63, 3.8) is 0 Å². The lowest BCUT2D eigenvalue weighted by atomic mass is 10.1. The molecule has 0 unspecified atom stereocenters. The normalized spacial score (nSPS) is 22.6. The largest absolute Gasteiger partial charge is 0.465 e. The molecule has 0 aromatic heterocycles. The third-order valence-electron chi connectivity index (χ3n) is 3.56. The molecule has 2 heterocycles. The second-order valence-electron chi connectivity index (χ2n) is 5.15. The Morgan fingerprint density at radius 2 is 1.88 bits per heavy atom. The van der Waals surface area contributed by atoms with Crippen LogP contribution >= 0.6 is 15.9 Å². The lowest BCUT2D eigenvalue weighted by Crippen LogP contribution is -2.55. The van der Waals surface area contributed by atoms with E-state index in [1.54, 1.807) is 30.3 Å². The third kappa shape index (κ3) is 2.88. The highest BCUT2D eigenvalue weighted by atomic mass is 79.9. The SMILES string of the molecule is COC(=O)[C@@]1(C(F)(F)F)N=C2C=CC(Br)=CN2C(c2ccccc2)=N1. The number of esters is 1. The molecule has 2 aliphatic heterocycles. The van der Waals surface area contributed by atoms with Crippen molar-refractivity contribution in [2.45, 2.75) is 11.8 Å². The predicted octanol–water partition coefficient (Wildman–Crippen LogP) is 3.39. The number of allylic oxidation sites excluding steroid dienone is 2. The molecule has 1 aromatic carbocycles. The fraction of sp³-hybridized carbons (Fsp3) is 0.188. The Morgan fingerprint density at radius 1 is 1.20 bits per heavy atom. The molecule has 1 aromatic rings. The standard InChI is InChI=1S/C16H11BrF3N3O2/c1-25-14(24)15(16(18,19)20)21-12-8-7-11(17)9-23(12)13(22-15)10-5-3-2-4-6-10/h2-9H,1H3/t15-/m1/s1. The van der Waals surface area contributed by atoms with Crippen LogP contribution in [0.3, 0.4) is 0 Å². The minimum absolute atomic E-state index is 0.0605. The quantitative estimate of drug-likeness (QED) is 0.698. The van der Waals surface area contributed by atoms with Crippen LogP contribution < -0.4 is 0 Å². The highest BCUT2D eigenvalue weighted by molar-refractivity contribution is 9.11. The van der Waals surface area contributed by atoms with E-state index in [0.717, 1.165) is 7.11 Å². The minimum atomic E-state index is -5.06. The van der Waals surface area contributed by atoms with Gasteiger partial charge in [0.1, 0.15) is 11.7 Å². The topological polar surface area (TPSA) is 54.3 Å². The summed E-state index contributed by atoms with van der Waals surface area (Å²) in [6, 6.07) is 8.24. The van der Waals surface area contributed by atoms with Gasteiger partial charge in [-0.3, -0.25) is 4.90 Å². The van der Waals surface area contributed by atoms with Crippen LogP contribution in [0.5, 0.6) is 0 Å². The molecular weight excluding hydrogens is 403 g/mol. The first-order valence-corrected chi connectivity index (χ1v) is 7.83. The van der Waals surface area contributed by atoms with Gasteiger partial charge >= 0.3 is 17.8 Å². The zero-order valence-corrected chi connectivity index (χ0v) is 14.4. The molecule has 0 amide bonds. The average Bonchev–Trinajstić information content (AvgIpc) is 2.60. The Kier molecular flexibility index (Phi) is 4.28. The summed E-state index contributed by atoms with van der Waals surface area (Å²) in [7, 11) is 0.868. The second-order valence-corrected chi connectivity index (χ2v) is 6.07. The van der Waals surface area contributed by atoms with Crippen molar-refractivity contribution in [3.05, 3.63) is 58.7 Å². The molecule has 0 N–H and O–H groups in total. The van der Waals surface area contributed by atoms with Crippen LogP contribution in [0.1, 0.15) is 5.56 Å². The van der Waals surface area contributed by atoms with Crippen LogP contribution in [0, 0.1) is 0 Å². The number of alkyl halides is 3. The minimum Gasteiger partial charge on any atom is -0.465 e. The van der Waals surface area contributed by atoms with E-state index in [1.807, 2.05) is 0 Å². The highest BCUT2D eigenvalue weighted by Gasteiger charge is 2.64. The summed E-state index contributed by atoms with van der Waals surface area (Å²) in [6.07, 6.45) is -0.638. The summed E-state index contributed by atoms with van der Waals surface area (Å²) in [5.41, 5.74) is -2.94.